The molecule has 4 rings (SSSR count). The minimum atomic E-state index is -0.718. The molecule has 9 nitrogen and oxygen atoms in total. The van der Waals surface area contributed by atoms with Gasteiger partial charge in [-0.3, -0.25) is 29.9 Å². The van der Waals surface area contributed by atoms with Crippen LogP contribution in [0.4, 0.5) is 15.8 Å². The summed E-state index contributed by atoms with van der Waals surface area (Å²) in [6, 6.07) is 9.59. The summed E-state index contributed by atoms with van der Waals surface area (Å²) in [5.74, 6) is -1.69. The van der Waals surface area contributed by atoms with Crippen molar-refractivity contribution < 1.29 is 23.6 Å². The molecule has 1 fully saturated rings. The first-order valence-electron chi connectivity index (χ1n) is 10.4. The van der Waals surface area contributed by atoms with Gasteiger partial charge >= 0.3 is 0 Å². The fourth-order valence-corrected chi connectivity index (χ4v) is 4.40. The Morgan fingerprint density at radius 1 is 1.17 bits per heavy atom. The number of aromatic nitrogens is 1. The van der Waals surface area contributed by atoms with E-state index in [9.17, 15) is 24.1 Å². The van der Waals surface area contributed by atoms with Gasteiger partial charge in [-0.2, -0.15) is 0 Å². The second-order valence-electron chi connectivity index (χ2n) is 7.83. The van der Waals surface area contributed by atoms with Crippen LogP contribution in [0.3, 0.4) is 0 Å². The average Bonchev–Trinajstić information content (AvgIpc) is 3.10. The zero-order valence-corrected chi connectivity index (χ0v) is 20.7. The number of thiocarbonyl (C=S) groups is 1. The molecule has 0 saturated carbocycles. The van der Waals surface area contributed by atoms with E-state index in [2.05, 4.69) is 5.32 Å². The molecule has 2 amide bonds. The number of hydrogen-bond acceptors (Lipinski definition) is 6. The fourth-order valence-electron chi connectivity index (χ4n) is 3.94. The molecular weight excluding hydrogens is 511 g/mol. The Morgan fingerprint density at radius 3 is 2.53 bits per heavy atom. The van der Waals surface area contributed by atoms with Crippen molar-refractivity contribution in [1.82, 2.24) is 9.88 Å². The maximum atomic E-state index is 13.6. The number of amides is 2. The van der Waals surface area contributed by atoms with Gasteiger partial charge in [0.2, 0.25) is 0 Å². The number of nitro benzene ring substituents is 1. The van der Waals surface area contributed by atoms with E-state index in [0.29, 0.717) is 28.4 Å². The van der Waals surface area contributed by atoms with Gasteiger partial charge < -0.3 is 9.30 Å². The third-order valence-electron chi connectivity index (χ3n) is 5.65. The number of anilines is 1. The van der Waals surface area contributed by atoms with Crippen LogP contribution in [0, 0.1) is 29.8 Å². The molecule has 3 aromatic rings. The summed E-state index contributed by atoms with van der Waals surface area (Å²) in [5, 5.41) is 13.4. The SMILES string of the molecule is COc1ccc([N+](=O)[O-])cc1-n1c(C)cc(/C=C2\C(=O)NC(=S)N(c3ccc(F)c(Cl)c3)C2=O)c1C. The summed E-state index contributed by atoms with van der Waals surface area (Å²) in [5.41, 5.74) is 2.08. The number of nitro groups is 1. The molecule has 0 bridgehead atoms. The van der Waals surface area contributed by atoms with E-state index in [1.165, 1.54) is 43.5 Å². The molecule has 1 aromatic heterocycles. The highest BCUT2D eigenvalue weighted by Gasteiger charge is 2.35. The Bertz CT molecular complexity index is 1500. The number of carbonyl (C=O) groups excluding carboxylic acids is 2. The summed E-state index contributed by atoms with van der Waals surface area (Å²) in [4.78, 5) is 37.9. The smallest absolute Gasteiger partial charge is 0.271 e. The van der Waals surface area contributed by atoms with Gasteiger partial charge in [0.1, 0.15) is 17.1 Å². The van der Waals surface area contributed by atoms with Gasteiger partial charge in [0.25, 0.3) is 17.5 Å². The molecule has 0 aliphatic carbocycles. The lowest BCUT2D eigenvalue weighted by molar-refractivity contribution is -0.384. The van der Waals surface area contributed by atoms with E-state index in [4.69, 9.17) is 28.6 Å². The molecule has 0 atom stereocenters. The lowest BCUT2D eigenvalue weighted by atomic mass is 10.1. The van der Waals surface area contributed by atoms with Crippen molar-refractivity contribution >= 4 is 58.2 Å². The molecule has 36 heavy (non-hydrogen) atoms. The number of nitrogens with one attached hydrogen (secondary N) is 1. The van der Waals surface area contributed by atoms with Crippen LogP contribution in [0.2, 0.25) is 5.02 Å². The second kappa shape index (κ2) is 9.51. The van der Waals surface area contributed by atoms with Crippen LogP contribution in [0.5, 0.6) is 5.75 Å². The van der Waals surface area contributed by atoms with Crippen molar-refractivity contribution in [3.05, 3.63) is 85.9 Å². The summed E-state index contributed by atoms with van der Waals surface area (Å²) >= 11 is 11.0. The van der Waals surface area contributed by atoms with Gasteiger partial charge in [-0.25, -0.2) is 4.39 Å². The van der Waals surface area contributed by atoms with Crippen LogP contribution in [-0.2, 0) is 9.59 Å². The Kier molecular flexibility index (Phi) is 6.61. The number of benzene rings is 2. The molecule has 1 aliphatic heterocycles. The number of hydrogen-bond donors (Lipinski definition) is 1. The van der Waals surface area contributed by atoms with Crippen molar-refractivity contribution in [1.29, 1.82) is 0 Å². The molecule has 1 N–H and O–H groups in total. The molecule has 1 saturated heterocycles. The minimum absolute atomic E-state index is 0.123. The van der Waals surface area contributed by atoms with Crippen molar-refractivity contribution in [3.63, 3.8) is 0 Å². The van der Waals surface area contributed by atoms with Crippen molar-refractivity contribution in [3.8, 4) is 11.4 Å². The third kappa shape index (κ3) is 4.34. The maximum Gasteiger partial charge on any atom is 0.271 e. The van der Waals surface area contributed by atoms with Crippen LogP contribution in [-0.4, -0.2) is 33.5 Å². The number of aryl methyl sites for hydroxylation is 1. The predicted molar refractivity (Wildman–Crippen MR) is 136 cm³/mol. The topological polar surface area (TPSA) is 107 Å². The number of nitrogens with zero attached hydrogens (tertiary/aromatic N) is 3. The Balaban J connectivity index is 1.81. The number of halogens is 2. The van der Waals surface area contributed by atoms with Gasteiger partial charge in [-0.05, 0) is 68.0 Å². The molecule has 12 heteroatoms. The highest BCUT2D eigenvalue weighted by molar-refractivity contribution is 7.80. The molecule has 184 valence electrons. The van der Waals surface area contributed by atoms with Gasteiger partial charge in [0.05, 0.1) is 28.4 Å². The molecule has 0 unspecified atom stereocenters. The predicted octanol–water partition coefficient (Wildman–Crippen LogP) is 4.63. The van der Waals surface area contributed by atoms with Gasteiger partial charge in [0, 0.05) is 23.5 Å². The van der Waals surface area contributed by atoms with Crippen molar-refractivity contribution in [2.24, 2.45) is 0 Å². The van der Waals surface area contributed by atoms with Gasteiger partial charge in [-0.1, -0.05) is 11.6 Å². The fraction of sp³-hybridized carbons (Fsp3) is 0.125. The van der Waals surface area contributed by atoms with E-state index in [1.54, 1.807) is 24.5 Å². The van der Waals surface area contributed by atoms with Gasteiger partial charge in [-0.15, -0.1) is 0 Å². The molecule has 0 radical (unpaired) electrons. The maximum absolute atomic E-state index is 13.6. The third-order valence-corrected chi connectivity index (χ3v) is 6.22. The zero-order valence-electron chi connectivity index (χ0n) is 19.2. The number of ether oxygens (including phenoxy) is 1. The standard InChI is InChI=1S/C24H18ClFN4O5S/c1-12-8-14(13(2)28(12)20-11-16(30(33)34)5-7-21(20)35-3)9-17-22(31)27-24(36)29(23(17)32)15-4-6-19(26)18(25)10-15/h4-11H,1-3H3,(H,27,31,36)/b17-9+. The van der Waals surface area contributed by atoms with Crippen LogP contribution >= 0.6 is 23.8 Å². The first-order valence-corrected chi connectivity index (χ1v) is 11.2. The van der Waals surface area contributed by atoms with Gasteiger partial charge in [0.15, 0.2) is 5.11 Å². The molecule has 2 aromatic carbocycles. The summed E-state index contributed by atoms with van der Waals surface area (Å²) < 4.78 is 20.8. The summed E-state index contributed by atoms with van der Waals surface area (Å²) in [6.45, 7) is 3.52. The van der Waals surface area contributed by atoms with E-state index < -0.39 is 22.6 Å². The lowest BCUT2D eigenvalue weighted by Crippen LogP contribution is -2.54. The normalized spacial score (nSPS) is 14.9. The van der Waals surface area contributed by atoms with Crippen LogP contribution < -0.4 is 15.0 Å². The molecule has 0 spiro atoms. The average molecular weight is 529 g/mol. The van der Waals surface area contributed by atoms with Crippen LogP contribution in [0.25, 0.3) is 11.8 Å². The lowest BCUT2D eigenvalue weighted by Gasteiger charge is -2.29. The molecular formula is C24H18ClFN4O5S. The Hall–Kier alpha value is -4.09. The summed E-state index contributed by atoms with van der Waals surface area (Å²) in [7, 11) is 1.45. The largest absolute Gasteiger partial charge is 0.495 e. The monoisotopic (exact) mass is 528 g/mol. The highest BCUT2D eigenvalue weighted by Crippen LogP contribution is 2.33. The van der Waals surface area contributed by atoms with E-state index in [1.807, 2.05) is 0 Å². The van der Waals surface area contributed by atoms with E-state index >= 15 is 0 Å². The minimum Gasteiger partial charge on any atom is -0.495 e. The zero-order chi connectivity index (χ0) is 26.3. The van der Waals surface area contributed by atoms with E-state index in [0.717, 1.165) is 11.0 Å². The van der Waals surface area contributed by atoms with Crippen molar-refractivity contribution in [2.75, 3.05) is 12.0 Å². The summed E-state index contributed by atoms with van der Waals surface area (Å²) in [6.07, 6.45) is 1.40. The second-order valence-corrected chi connectivity index (χ2v) is 8.63. The molecule has 2 heterocycles. The number of rotatable bonds is 5. The van der Waals surface area contributed by atoms with Crippen molar-refractivity contribution in [2.45, 2.75) is 13.8 Å². The van der Waals surface area contributed by atoms with E-state index in [-0.39, 0.29) is 27.1 Å². The van der Waals surface area contributed by atoms with Crippen LogP contribution in [0.15, 0.2) is 48.0 Å². The first-order chi connectivity index (χ1) is 17.0. The number of carbonyl (C=O) groups is 2. The first kappa shape index (κ1) is 25.0. The molecule has 1 aliphatic rings. The number of non-ortho nitro benzene ring substituents is 1. The number of methoxy groups -OCH3 is 1. The Morgan fingerprint density at radius 2 is 1.89 bits per heavy atom. The van der Waals surface area contributed by atoms with Crippen LogP contribution in [0.1, 0.15) is 17.0 Å². The quantitative estimate of drug-likeness (QED) is 0.170. The Labute approximate surface area is 214 Å². The highest BCUT2D eigenvalue weighted by atomic mass is 35.5.